The number of benzene rings is 2. The maximum atomic E-state index is 12.8. The van der Waals surface area contributed by atoms with Crippen LogP contribution in [0.25, 0.3) is 10.9 Å². The van der Waals surface area contributed by atoms with E-state index in [0.717, 1.165) is 16.6 Å². The van der Waals surface area contributed by atoms with Crippen molar-refractivity contribution in [3.8, 4) is 11.5 Å². The normalized spacial score (nSPS) is 11.1. The third kappa shape index (κ3) is 3.75. The number of rotatable bonds is 6. The number of methoxy groups -OCH3 is 1. The lowest BCUT2D eigenvalue weighted by molar-refractivity contribution is 0.0465. The smallest absolute Gasteiger partial charge is 0.346 e. The molecule has 27 heavy (non-hydrogen) atoms. The standard InChI is InChI=1S/C21H24N2O4/c1-13-10-15-16(11-23(2)3)19(24)17(20(26-4)18(15)22-13)21(25)27-12-14-8-6-5-7-9-14/h5-10,22,24H,11-12H2,1-4H3. The Morgan fingerprint density at radius 3 is 2.56 bits per heavy atom. The van der Waals surface area contributed by atoms with Crippen LogP contribution in [0.3, 0.4) is 0 Å². The number of H-pyrrole nitrogens is 1. The highest BCUT2D eigenvalue weighted by molar-refractivity contribution is 6.05. The van der Waals surface area contributed by atoms with Gasteiger partial charge in [-0.15, -0.1) is 0 Å². The van der Waals surface area contributed by atoms with Crippen LogP contribution >= 0.6 is 0 Å². The fourth-order valence-electron chi connectivity index (χ4n) is 3.18. The van der Waals surface area contributed by atoms with Crippen molar-refractivity contribution in [3.63, 3.8) is 0 Å². The summed E-state index contributed by atoms with van der Waals surface area (Å²) in [5.41, 5.74) is 3.16. The summed E-state index contributed by atoms with van der Waals surface area (Å²) in [7, 11) is 5.29. The number of hydrogen-bond acceptors (Lipinski definition) is 5. The van der Waals surface area contributed by atoms with Crippen molar-refractivity contribution in [2.75, 3.05) is 21.2 Å². The van der Waals surface area contributed by atoms with E-state index in [4.69, 9.17) is 9.47 Å². The van der Waals surface area contributed by atoms with Gasteiger partial charge in [0.1, 0.15) is 17.9 Å². The molecule has 1 heterocycles. The van der Waals surface area contributed by atoms with Gasteiger partial charge in [-0.05, 0) is 32.6 Å². The molecule has 1 aromatic heterocycles. The summed E-state index contributed by atoms with van der Waals surface area (Å²) in [5, 5.41) is 11.7. The number of nitrogens with zero attached hydrogens (tertiary/aromatic N) is 1. The Balaban J connectivity index is 2.07. The molecule has 0 aliphatic carbocycles. The highest BCUT2D eigenvalue weighted by Gasteiger charge is 2.27. The van der Waals surface area contributed by atoms with Gasteiger partial charge in [0, 0.05) is 23.2 Å². The van der Waals surface area contributed by atoms with Gasteiger partial charge in [0.05, 0.1) is 12.6 Å². The van der Waals surface area contributed by atoms with Crippen LogP contribution in [-0.2, 0) is 17.9 Å². The molecule has 2 N–H and O–H groups in total. The molecule has 0 bridgehead atoms. The molecule has 0 fully saturated rings. The fraction of sp³-hybridized carbons (Fsp3) is 0.286. The quantitative estimate of drug-likeness (QED) is 0.650. The zero-order valence-electron chi connectivity index (χ0n) is 16.0. The summed E-state index contributed by atoms with van der Waals surface area (Å²) in [6.45, 7) is 2.51. The van der Waals surface area contributed by atoms with Gasteiger partial charge < -0.3 is 24.5 Å². The van der Waals surface area contributed by atoms with Gasteiger partial charge >= 0.3 is 5.97 Å². The molecule has 0 atom stereocenters. The summed E-state index contributed by atoms with van der Waals surface area (Å²) >= 11 is 0. The predicted octanol–water partition coefficient (Wildman–Crippen LogP) is 3.61. The number of aromatic hydroxyl groups is 1. The van der Waals surface area contributed by atoms with E-state index in [1.54, 1.807) is 0 Å². The molecule has 0 unspecified atom stereocenters. The van der Waals surface area contributed by atoms with Gasteiger partial charge in [-0.3, -0.25) is 0 Å². The second-order valence-corrected chi connectivity index (χ2v) is 6.78. The van der Waals surface area contributed by atoms with Crippen molar-refractivity contribution >= 4 is 16.9 Å². The van der Waals surface area contributed by atoms with E-state index in [-0.39, 0.29) is 23.7 Å². The van der Waals surface area contributed by atoms with Crippen LogP contribution in [0.5, 0.6) is 11.5 Å². The lowest BCUT2D eigenvalue weighted by Crippen LogP contribution is -2.14. The van der Waals surface area contributed by atoms with Crippen LogP contribution in [-0.4, -0.2) is 42.2 Å². The second kappa shape index (κ2) is 7.72. The average molecular weight is 368 g/mol. The Morgan fingerprint density at radius 2 is 1.93 bits per heavy atom. The third-order valence-corrected chi connectivity index (χ3v) is 4.35. The molecular weight excluding hydrogens is 344 g/mol. The van der Waals surface area contributed by atoms with Crippen LogP contribution in [0, 0.1) is 6.92 Å². The van der Waals surface area contributed by atoms with Crippen molar-refractivity contribution in [2.45, 2.75) is 20.1 Å². The van der Waals surface area contributed by atoms with Crippen molar-refractivity contribution in [2.24, 2.45) is 0 Å². The van der Waals surface area contributed by atoms with Crippen LogP contribution in [0.15, 0.2) is 36.4 Å². The van der Waals surface area contributed by atoms with Crippen molar-refractivity contribution < 1.29 is 19.4 Å². The molecular formula is C21H24N2O4. The van der Waals surface area contributed by atoms with Gasteiger partial charge in [0.2, 0.25) is 0 Å². The highest BCUT2D eigenvalue weighted by atomic mass is 16.5. The number of hydrogen-bond donors (Lipinski definition) is 2. The molecule has 0 saturated heterocycles. The molecule has 3 aromatic rings. The fourth-order valence-corrected chi connectivity index (χ4v) is 3.18. The SMILES string of the molecule is COc1c(C(=O)OCc2ccccc2)c(O)c(CN(C)C)c2cc(C)[nH]c12. The van der Waals surface area contributed by atoms with E-state index in [2.05, 4.69) is 4.98 Å². The minimum Gasteiger partial charge on any atom is -0.507 e. The summed E-state index contributed by atoms with van der Waals surface area (Å²) in [6.07, 6.45) is 0. The van der Waals surface area contributed by atoms with E-state index in [0.29, 0.717) is 17.6 Å². The number of aryl methyl sites for hydroxylation is 1. The number of carbonyl (C=O) groups excluding carboxylic acids is 1. The maximum absolute atomic E-state index is 12.8. The molecule has 0 spiro atoms. The first kappa shape index (κ1) is 18.8. The number of phenolic OH excluding ortho intramolecular Hbond substituents is 1. The van der Waals surface area contributed by atoms with Crippen LogP contribution < -0.4 is 4.74 Å². The monoisotopic (exact) mass is 368 g/mol. The summed E-state index contributed by atoms with van der Waals surface area (Å²) in [6, 6.07) is 11.3. The Kier molecular flexibility index (Phi) is 5.37. The Bertz CT molecular complexity index is 961. The lowest BCUT2D eigenvalue weighted by Gasteiger charge is -2.18. The predicted molar refractivity (Wildman–Crippen MR) is 104 cm³/mol. The number of esters is 1. The summed E-state index contributed by atoms with van der Waals surface area (Å²) in [4.78, 5) is 18.0. The number of aromatic nitrogens is 1. The van der Waals surface area contributed by atoms with E-state index in [9.17, 15) is 9.90 Å². The zero-order chi connectivity index (χ0) is 19.6. The Hall–Kier alpha value is -2.99. The van der Waals surface area contributed by atoms with Crippen molar-refractivity contribution in [1.29, 1.82) is 0 Å². The number of ether oxygens (including phenoxy) is 2. The number of fused-ring (bicyclic) bond motifs is 1. The number of phenols is 1. The Morgan fingerprint density at radius 1 is 1.22 bits per heavy atom. The molecule has 2 aromatic carbocycles. The molecule has 0 radical (unpaired) electrons. The van der Waals surface area contributed by atoms with Crippen LogP contribution in [0.4, 0.5) is 0 Å². The zero-order valence-corrected chi connectivity index (χ0v) is 16.0. The molecule has 6 heteroatoms. The minimum absolute atomic E-state index is 0.0413. The summed E-state index contributed by atoms with van der Waals surface area (Å²) in [5.74, 6) is -0.441. The highest BCUT2D eigenvalue weighted by Crippen LogP contribution is 2.41. The molecule has 0 amide bonds. The van der Waals surface area contributed by atoms with Gasteiger partial charge in [-0.25, -0.2) is 4.79 Å². The van der Waals surface area contributed by atoms with Crippen molar-refractivity contribution in [1.82, 2.24) is 9.88 Å². The topological polar surface area (TPSA) is 74.8 Å². The molecule has 6 nitrogen and oxygen atoms in total. The minimum atomic E-state index is -0.623. The van der Waals surface area contributed by atoms with Crippen LogP contribution in [0.1, 0.15) is 27.2 Å². The second-order valence-electron chi connectivity index (χ2n) is 6.78. The van der Waals surface area contributed by atoms with Crippen molar-refractivity contribution in [3.05, 3.63) is 58.8 Å². The van der Waals surface area contributed by atoms with Gasteiger partial charge in [0.25, 0.3) is 0 Å². The number of aromatic amines is 1. The van der Waals surface area contributed by atoms with E-state index < -0.39 is 5.97 Å². The van der Waals surface area contributed by atoms with Gasteiger partial charge in [-0.1, -0.05) is 30.3 Å². The summed E-state index contributed by atoms with van der Waals surface area (Å²) < 4.78 is 10.9. The van der Waals surface area contributed by atoms with E-state index in [1.165, 1.54) is 7.11 Å². The Labute approximate surface area is 158 Å². The molecule has 0 aliphatic heterocycles. The van der Waals surface area contributed by atoms with Gasteiger partial charge in [-0.2, -0.15) is 0 Å². The lowest BCUT2D eigenvalue weighted by atomic mass is 10.0. The molecule has 0 aliphatic rings. The largest absolute Gasteiger partial charge is 0.507 e. The molecule has 3 rings (SSSR count). The van der Waals surface area contributed by atoms with E-state index >= 15 is 0 Å². The van der Waals surface area contributed by atoms with Gasteiger partial charge in [0.15, 0.2) is 5.75 Å². The first-order valence-corrected chi connectivity index (χ1v) is 8.69. The van der Waals surface area contributed by atoms with E-state index in [1.807, 2.05) is 62.3 Å². The average Bonchev–Trinajstić information content (AvgIpc) is 3.03. The first-order chi connectivity index (χ1) is 12.9. The number of nitrogens with one attached hydrogen (secondary N) is 1. The number of carbonyl (C=O) groups is 1. The molecule has 0 saturated carbocycles. The third-order valence-electron chi connectivity index (χ3n) is 4.35. The first-order valence-electron chi connectivity index (χ1n) is 8.69. The molecule has 142 valence electrons. The van der Waals surface area contributed by atoms with Crippen LogP contribution in [0.2, 0.25) is 0 Å². The maximum Gasteiger partial charge on any atom is 0.346 e.